The number of hydrogen-bond donors (Lipinski definition) is 2. The summed E-state index contributed by atoms with van der Waals surface area (Å²) in [6.45, 7) is 0.0632. The second-order valence-electron chi connectivity index (χ2n) is 4.97. The first-order chi connectivity index (χ1) is 10.6. The van der Waals surface area contributed by atoms with Crippen molar-refractivity contribution in [3.8, 4) is 11.5 Å². The van der Waals surface area contributed by atoms with Crippen LogP contribution in [-0.4, -0.2) is 32.3 Å². The molecule has 1 aliphatic rings. The fourth-order valence-corrected chi connectivity index (χ4v) is 1.92. The Bertz CT molecular complexity index is 525. The van der Waals surface area contributed by atoms with Gasteiger partial charge in [-0.3, -0.25) is 0 Å². The standard InChI is InChI=1S/C15H21F2N3O2.HI/c1-3-18-15(20-11-4-5-11)19-9-10-8-12(21-2)6-7-13(10)22-14(16)17;/h6-8,11,14H,3-5,9H2,1-2H3,(H2,18,19,20);1H. The van der Waals surface area contributed by atoms with E-state index in [1.165, 1.54) is 13.2 Å². The van der Waals surface area contributed by atoms with Crippen molar-refractivity contribution in [2.75, 3.05) is 13.7 Å². The molecule has 1 aromatic rings. The number of nitrogens with zero attached hydrogens (tertiary/aromatic N) is 1. The molecule has 1 aromatic carbocycles. The van der Waals surface area contributed by atoms with E-state index in [4.69, 9.17) is 4.74 Å². The molecule has 0 aromatic heterocycles. The van der Waals surface area contributed by atoms with Crippen LogP contribution in [0.5, 0.6) is 11.5 Å². The maximum absolute atomic E-state index is 12.5. The van der Waals surface area contributed by atoms with Crippen molar-refractivity contribution < 1.29 is 18.3 Å². The SMILES string of the molecule is CCNC(=NCc1cc(OC)ccc1OC(F)F)NC1CC1.I. The van der Waals surface area contributed by atoms with Gasteiger partial charge in [0.15, 0.2) is 5.96 Å². The zero-order valence-corrected chi connectivity index (χ0v) is 15.5. The summed E-state index contributed by atoms with van der Waals surface area (Å²) in [6.07, 6.45) is 2.26. The number of alkyl halides is 2. The quantitative estimate of drug-likeness (QED) is 0.388. The largest absolute Gasteiger partial charge is 0.497 e. The van der Waals surface area contributed by atoms with E-state index < -0.39 is 6.61 Å². The van der Waals surface area contributed by atoms with Crippen molar-refractivity contribution in [3.05, 3.63) is 23.8 Å². The van der Waals surface area contributed by atoms with Gasteiger partial charge in [0.25, 0.3) is 0 Å². The molecule has 0 amide bonds. The first-order valence-electron chi connectivity index (χ1n) is 7.29. The third kappa shape index (κ3) is 6.76. The normalized spacial score (nSPS) is 14.2. The first kappa shape index (κ1) is 19.7. The molecule has 1 fully saturated rings. The monoisotopic (exact) mass is 441 g/mol. The minimum absolute atomic E-state index is 0. The van der Waals surface area contributed by atoms with Crippen LogP contribution in [0.25, 0.3) is 0 Å². The van der Waals surface area contributed by atoms with Gasteiger partial charge in [-0.25, -0.2) is 4.99 Å². The molecule has 1 saturated carbocycles. The molecule has 2 N–H and O–H groups in total. The van der Waals surface area contributed by atoms with Crippen LogP contribution in [0.1, 0.15) is 25.3 Å². The maximum Gasteiger partial charge on any atom is 0.387 e. The van der Waals surface area contributed by atoms with Crippen LogP contribution in [-0.2, 0) is 6.54 Å². The third-order valence-electron chi connectivity index (χ3n) is 3.15. The van der Waals surface area contributed by atoms with Gasteiger partial charge in [0.05, 0.1) is 13.7 Å². The second-order valence-corrected chi connectivity index (χ2v) is 4.97. The van der Waals surface area contributed by atoms with E-state index in [0.717, 1.165) is 19.4 Å². The fraction of sp³-hybridized carbons (Fsp3) is 0.533. The number of guanidine groups is 1. The zero-order valence-electron chi connectivity index (χ0n) is 13.1. The van der Waals surface area contributed by atoms with Crippen molar-refractivity contribution in [3.63, 3.8) is 0 Å². The molecular weight excluding hydrogens is 419 g/mol. The van der Waals surface area contributed by atoms with E-state index in [9.17, 15) is 8.78 Å². The molecule has 130 valence electrons. The predicted octanol–water partition coefficient (Wildman–Crippen LogP) is 3.13. The minimum atomic E-state index is -2.87. The van der Waals surface area contributed by atoms with Crippen molar-refractivity contribution in [1.82, 2.24) is 10.6 Å². The average Bonchev–Trinajstić information content (AvgIpc) is 3.29. The highest BCUT2D eigenvalue weighted by Crippen LogP contribution is 2.26. The molecule has 0 saturated heterocycles. The Morgan fingerprint density at radius 3 is 2.70 bits per heavy atom. The molecule has 0 atom stereocenters. The molecule has 0 radical (unpaired) electrons. The number of nitrogens with one attached hydrogen (secondary N) is 2. The summed E-state index contributed by atoms with van der Waals surface area (Å²) in [7, 11) is 1.52. The number of ether oxygens (including phenoxy) is 2. The Kier molecular flexibility index (Phi) is 8.35. The number of hydrogen-bond acceptors (Lipinski definition) is 3. The lowest BCUT2D eigenvalue weighted by Crippen LogP contribution is -2.38. The molecule has 2 rings (SSSR count). The Morgan fingerprint density at radius 1 is 1.39 bits per heavy atom. The van der Waals surface area contributed by atoms with Gasteiger partial charge < -0.3 is 20.1 Å². The van der Waals surface area contributed by atoms with Crippen molar-refractivity contribution >= 4 is 29.9 Å². The average molecular weight is 441 g/mol. The Hall–Kier alpha value is -1.32. The van der Waals surface area contributed by atoms with E-state index >= 15 is 0 Å². The number of aliphatic imine (C=N–C) groups is 1. The van der Waals surface area contributed by atoms with Gasteiger partial charge in [-0.2, -0.15) is 8.78 Å². The van der Waals surface area contributed by atoms with Crippen LogP contribution in [0, 0.1) is 0 Å². The summed E-state index contributed by atoms with van der Waals surface area (Å²) in [5.41, 5.74) is 0.549. The Labute approximate surface area is 151 Å². The van der Waals surface area contributed by atoms with E-state index in [-0.39, 0.29) is 36.3 Å². The fourth-order valence-electron chi connectivity index (χ4n) is 1.92. The van der Waals surface area contributed by atoms with Crippen LogP contribution in [0.3, 0.4) is 0 Å². The molecule has 23 heavy (non-hydrogen) atoms. The highest BCUT2D eigenvalue weighted by Gasteiger charge is 2.22. The van der Waals surface area contributed by atoms with Crippen LogP contribution in [0.4, 0.5) is 8.78 Å². The van der Waals surface area contributed by atoms with Gasteiger partial charge in [0, 0.05) is 18.2 Å². The van der Waals surface area contributed by atoms with Gasteiger partial charge in [0.1, 0.15) is 11.5 Å². The number of methoxy groups -OCH3 is 1. The molecule has 0 aliphatic heterocycles. The molecular formula is C15H22F2IN3O2. The summed E-state index contributed by atoms with van der Waals surface area (Å²) < 4.78 is 34.6. The van der Waals surface area contributed by atoms with Crippen LogP contribution < -0.4 is 20.1 Å². The van der Waals surface area contributed by atoms with Crippen molar-refractivity contribution in [2.24, 2.45) is 4.99 Å². The Balaban J connectivity index is 0.00000264. The van der Waals surface area contributed by atoms with Crippen LogP contribution in [0.15, 0.2) is 23.2 Å². The lowest BCUT2D eigenvalue weighted by Gasteiger charge is -2.13. The highest BCUT2D eigenvalue weighted by molar-refractivity contribution is 14.0. The molecule has 0 bridgehead atoms. The van der Waals surface area contributed by atoms with Crippen LogP contribution >= 0.6 is 24.0 Å². The van der Waals surface area contributed by atoms with Gasteiger partial charge in [-0.05, 0) is 38.0 Å². The summed E-state index contributed by atoms with van der Waals surface area (Å²) >= 11 is 0. The molecule has 5 nitrogen and oxygen atoms in total. The zero-order chi connectivity index (χ0) is 15.9. The molecule has 1 aliphatic carbocycles. The van der Waals surface area contributed by atoms with Crippen molar-refractivity contribution in [1.29, 1.82) is 0 Å². The predicted molar refractivity (Wildman–Crippen MR) is 96.0 cm³/mol. The van der Waals surface area contributed by atoms with Crippen LogP contribution in [0.2, 0.25) is 0 Å². The van der Waals surface area contributed by atoms with E-state index in [2.05, 4.69) is 20.4 Å². The van der Waals surface area contributed by atoms with E-state index in [0.29, 0.717) is 23.3 Å². The molecule has 8 heteroatoms. The Morgan fingerprint density at radius 2 is 2.13 bits per heavy atom. The highest BCUT2D eigenvalue weighted by atomic mass is 127. The second kappa shape index (κ2) is 9.74. The summed E-state index contributed by atoms with van der Waals surface area (Å²) in [5, 5.41) is 6.40. The van der Waals surface area contributed by atoms with Crippen molar-refractivity contribution in [2.45, 2.75) is 39.0 Å². The lowest BCUT2D eigenvalue weighted by molar-refractivity contribution is -0.0504. The molecule has 0 heterocycles. The number of halogens is 3. The van der Waals surface area contributed by atoms with Gasteiger partial charge in [-0.1, -0.05) is 0 Å². The minimum Gasteiger partial charge on any atom is -0.497 e. The van der Waals surface area contributed by atoms with Gasteiger partial charge >= 0.3 is 6.61 Å². The maximum atomic E-state index is 12.5. The molecule has 0 spiro atoms. The van der Waals surface area contributed by atoms with Gasteiger partial charge in [-0.15, -0.1) is 24.0 Å². The summed E-state index contributed by atoms with van der Waals surface area (Å²) in [4.78, 5) is 4.42. The van der Waals surface area contributed by atoms with E-state index in [1.807, 2.05) is 6.92 Å². The number of benzene rings is 1. The number of rotatable bonds is 7. The topological polar surface area (TPSA) is 54.9 Å². The van der Waals surface area contributed by atoms with Gasteiger partial charge in [0.2, 0.25) is 0 Å². The molecule has 0 unspecified atom stereocenters. The third-order valence-corrected chi connectivity index (χ3v) is 3.15. The smallest absolute Gasteiger partial charge is 0.387 e. The summed E-state index contributed by atoms with van der Waals surface area (Å²) in [5.74, 6) is 1.37. The first-order valence-corrected chi connectivity index (χ1v) is 7.29. The van der Waals surface area contributed by atoms with E-state index in [1.54, 1.807) is 12.1 Å². The summed E-state index contributed by atoms with van der Waals surface area (Å²) in [6, 6.07) is 5.16. The lowest BCUT2D eigenvalue weighted by atomic mass is 10.2.